The number of nitrogens with one attached hydrogen (secondary N) is 2. The number of fused-ring (bicyclic) bond motifs is 2. The maximum Gasteiger partial charge on any atom is 0.328 e. The van der Waals surface area contributed by atoms with Crippen molar-refractivity contribution in [2.75, 3.05) is 6.61 Å². The second-order valence-electron chi connectivity index (χ2n) is 4.47. The van der Waals surface area contributed by atoms with E-state index in [1.165, 1.54) is 0 Å². The molecule has 0 aromatic carbocycles. The van der Waals surface area contributed by atoms with Crippen molar-refractivity contribution in [2.24, 2.45) is 5.92 Å². The molecule has 0 spiro atoms. The minimum Gasteiger partial charge on any atom is -0.480 e. The van der Waals surface area contributed by atoms with Crippen molar-refractivity contribution in [3.8, 4) is 0 Å². The Morgan fingerprint density at radius 3 is 2.62 bits per heavy atom. The Hall–Kier alpha value is -1.14. The Balaban J connectivity index is 1.90. The molecule has 0 aromatic rings. The molecule has 2 bridgehead atoms. The molecule has 2 aliphatic heterocycles. The van der Waals surface area contributed by atoms with Crippen molar-refractivity contribution in [1.82, 2.24) is 10.6 Å². The van der Waals surface area contributed by atoms with Crippen molar-refractivity contribution in [2.45, 2.75) is 37.4 Å². The second-order valence-corrected chi connectivity index (χ2v) is 4.47. The zero-order valence-corrected chi connectivity index (χ0v) is 8.85. The van der Waals surface area contributed by atoms with Gasteiger partial charge in [-0.2, -0.15) is 0 Å². The Morgan fingerprint density at radius 2 is 2.19 bits per heavy atom. The van der Waals surface area contributed by atoms with Gasteiger partial charge in [-0.3, -0.25) is 4.79 Å². The average molecular weight is 228 g/mol. The zero-order valence-electron chi connectivity index (χ0n) is 8.85. The number of aliphatic carboxylic acids is 1. The molecule has 6 nitrogen and oxygen atoms in total. The lowest BCUT2D eigenvalue weighted by atomic mass is 9.88. The molecule has 2 rings (SSSR count). The third-order valence-corrected chi connectivity index (χ3v) is 3.43. The Labute approximate surface area is 93.0 Å². The summed E-state index contributed by atoms with van der Waals surface area (Å²) < 4.78 is 0. The molecule has 0 aromatic heterocycles. The standard InChI is InChI=1S/C10H16N2O4/c13-4-8(10(15)16)12-9(14)6-3-5-1-2-7(6)11-5/h5-8,11,13H,1-4H2,(H,12,14)(H,15,16)/t5?,6?,7?,8-/m1/s1. The van der Waals surface area contributed by atoms with Crippen LogP contribution in [0.3, 0.4) is 0 Å². The fourth-order valence-electron chi connectivity index (χ4n) is 2.58. The summed E-state index contributed by atoms with van der Waals surface area (Å²) in [5.41, 5.74) is 0. The number of carbonyl (C=O) groups is 2. The number of carboxylic acid groups (broad SMARTS) is 1. The van der Waals surface area contributed by atoms with Crippen LogP contribution in [0.2, 0.25) is 0 Å². The number of hydrogen-bond donors (Lipinski definition) is 4. The van der Waals surface area contributed by atoms with E-state index in [0.717, 1.165) is 19.3 Å². The van der Waals surface area contributed by atoms with Gasteiger partial charge >= 0.3 is 5.97 Å². The molecule has 2 saturated heterocycles. The molecule has 2 heterocycles. The minimum atomic E-state index is -1.20. The van der Waals surface area contributed by atoms with Gasteiger partial charge in [-0.15, -0.1) is 0 Å². The summed E-state index contributed by atoms with van der Waals surface area (Å²) in [5.74, 6) is -1.61. The summed E-state index contributed by atoms with van der Waals surface area (Å²) in [7, 11) is 0. The van der Waals surface area contributed by atoms with E-state index in [4.69, 9.17) is 10.2 Å². The minimum absolute atomic E-state index is 0.146. The fourth-order valence-corrected chi connectivity index (χ4v) is 2.58. The molecule has 4 N–H and O–H groups in total. The molecular weight excluding hydrogens is 212 g/mol. The summed E-state index contributed by atoms with van der Waals surface area (Å²) in [6.45, 7) is -0.574. The van der Waals surface area contributed by atoms with Crippen LogP contribution < -0.4 is 10.6 Å². The van der Waals surface area contributed by atoms with E-state index in [1.54, 1.807) is 0 Å². The number of rotatable bonds is 4. The largest absolute Gasteiger partial charge is 0.480 e. The van der Waals surface area contributed by atoms with Gasteiger partial charge in [0, 0.05) is 12.1 Å². The lowest BCUT2D eigenvalue weighted by molar-refractivity contribution is -0.143. The van der Waals surface area contributed by atoms with Crippen LogP contribution in [-0.2, 0) is 9.59 Å². The number of hydrogen-bond acceptors (Lipinski definition) is 4. The van der Waals surface area contributed by atoms with E-state index in [2.05, 4.69) is 10.6 Å². The van der Waals surface area contributed by atoms with Gasteiger partial charge in [-0.1, -0.05) is 0 Å². The predicted molar refractivity (Wildman–Crippen MR) is 54.7 cm³/mol. The molecule has 2 aliphatic rings. The quantitative estimate of drug-likeness (QED) is 0.479. The smallest absolute Gasteiger partial charge is 0.328 e. The third-order valence-electron chi connectivity index (χ3n) is 3.43. The monoisotopic (exact) mass is 228 g/mol. The summed E-state index contributed by atoms with van der Waals surface area (Å²) >= 11 is 0. The predicted octanol–water partition coefficient (Wildman–Crippen LogP) is -1.31. The van der Waals surface area contributed by atoms with Crippen molar-refractivity contribution in [3.05, 3.63) is 0 Å². The van der Waals surface area contributed by atoms with Crippen LogP contribution in [0.15, 0.2) is 0 Å². The lowest BCUT2D eigenvalue weighted by Gasteiger charge is -2.21. The summed E-state index contributed by atoms with van der Waals surface area (Å²) in [4.78, 5) is 22.4. The zero-order chi connectivity index (χ0) is 11.7. The molecule has 6 heteroatoms. The molecule has 3 unspecified atom stereocenters. The number of amides is 1. The van der Waals surface area contributed by atoms with Gasteiger partial charge in [0.1, 0.15) is 6.04 Å². The number of carboxylic acids is 1. The third kappa shape index (κ3) is 2.03. The first-order valence-corrected chi connectivity index (χ1v) is 5.52. The van der Waals surface area contributed by atoms with E-state index in [1.807, 2.05) is 0 Å². The first kappa shape index (κ1) is 11.3. The van der Waals surface area contributed by atoms with Crippen molar-refractivity contribution >= 4 is 11.9 Å². The molecule has 90 valence electrons. The van der Waals surface area contributed by atoms with Crippen LogP contribution in [0.4, 0.5) is 0 Å². The highest BCUT2D eigenvalue weighted by atomic mass is 16.4. The van der Waals surface area contributed by atoms with E-state index in [0.29, 0.717) is 6.04 Å². The van der Waals surface area contributed by atoms with Gasteiger partial charge in [0.2, 0.25) is 5.91 Å². The molecule has 0 aliphatic carbocycles. The van der Waals surface area contributed by atoms with Gasteiger partial charge in [0.25, 0.3) is 0 Å². The first-order valence-electron chi connectivity index (χ1n) is 5.52. The van der Waals surface area contributed by atoms with Gasteiger partial charge in [-0.05, 0) is 19.3 Å². The molecule has 0 radical (unpaired) electrons. The van der Waals surface area contributed by atoms with Crippen LogP contribution >= 0.6 is 0 Å². The number of aliphatic hydroxyl groups is 1. The highest BCUT2D eigenvalue weighted by Gasteiger charge is 2.43. The second kappa shape index (κ2) is 4.39. The number of aliphatic hydroxyl groups excluding tert-OH is 1. The first-order chi connectivity index (χ1) is 7.61. The summed E-state index contributed by atoms with van der Waals surface area (Å²) in [6, 6.07) is -0.608. The van der Waals surface area contributed by atoms with Crippen molar-refractivity contribution < 1.29 is 19.8 Å². The normalized spacial score (nSPS) is 33.7. The van der Waals surface area contributed by atoms with Crippen LogP contribution in [0, 0.1) is 5.92 Å². The molecule has 0 saturated carbocycles. The Kier molecular flexibility index (Phi) is 3.11. The molecule has 1 amide bonds. The average Bonchev–Trinajstić information content (AvgIpc) is 2.86. The van der Waals surface area contributed by atoms with Gasteiger partial charge in [0.05, 0.1) is 12.5 Å². The molecule has 16 heavy (non-hydrogen) atoms. The maximum atomic E-state index is 11.8. The van der Waals surface area contributed by atoms with E-state index in [-0.39, 0.29) is 17.9 Å². The Bertz CT molecular complexity index is 307. The van der Waals surface area contributed by atoms with E-state index in [9.17, 15) is 9.59 Å². The molecule has 4 atom stereocenters. The van der Waals surface area contributed by atoms with Gasteiger partial charge < -0.3 is 20.8 Å². The van der Waals surface area contributed by atoms with Gasteiger partial charge in [-0.25, -0.2) is 4.79 Å². The van der Waals surface area contributed by atoms with Crippen LogP contribution in [0.1, 0.15) is 19.3 Å². The van der Waals surface area contributed by atoms with E-state index < -0.39 is 18.6 Å². The highest BCUT2D eigenvalue weighted by molar-refractivity contribution is 5.85. The molecular formula is C10H16N2O4. The highest BCUT2D eigenvalue weighted by Crippen LogP contribution is 2.33. The Morgan fingerprint density at radius 1 is 1.44 bits per heavy atom. The van der Waals surface area contributed by atoms with Gasteiger partial charge in [0.15, 0.2) is 0 Å². The lowest BCUT2D eigenvalue weighted by Crippen LogP contribution is -2.47. The maximum absolute atomic E-state index is 11.8. The summed E-state index contributed by atoms with van der Waals surface area (Å²) in [6.07, 6.45) is 2.84. The SMILES string of the molecule is O=C(N[C@H](CO)C(=O)O)C1CC2CCC1N2. The number of carbonyl (C=O) groups excluding carboxylic acids is 1. The summed E-state index contributed by atoms with van der Waals surface area (Å²) in [5, 5.41) is 23.2. The van der Waals surface area contributed by atoms with Crippen LogP contribution in [0.25, 0.3) is 0 Å². The van der Waals surface area contributed by atoms with Crippen molar-refractivity contribution in [3.63, 3.8) is 0 Å². The van der Waals surface area contributed by atoms with Crippen molar-refractivity contribution in [1.29, 1.82) is 0 Å². The topological polar surface area (TPSA) is 98.7 Å². The molecule has 2 fully saturated rings. The van der Waals surface area contributed by atoms with Crippen LogP contribution in [0.5, 0.6) is 0 Å². The van der Waals surface area contributed by atoms with E-state index >= 15 is 0 Å². The fraction of sp³-hybridized carbons (Fsp3) is 0.800. The van der Waals surface area contributed by atoms with Crippen LogP contribution in [-0.4, -0.2) is 46.8 Å².